The van der Waals surface area contributed by atoms with Gasteiger partial charge in [0, 0.05) is 51.4 Å². The van der Waals surface area contributed by atoms with Crippen LogP contribution in [0, 0.1) is 0 Å². The van der Waals surface area contributed by atoms with Crippen LogP contribution < -0.4 is 19.5 Å². The number of benzene rings is 4. The number of carbonyl (C=O) groups is 1. The third kappa shape index (κ3) is 7.40. The number of aromatic nitrogens is 2. The largest absolute Gasteiger partial charge is 0.497 e. The van der Waals surface area contributed by atoms with E-state index in [0.29, 0.717) is 48.8 Å². The van der Waals surface area contributed by atoms with Crippen LogP contribution in [0.25, 0.3) is 0 Å². The van der Waals surface area contributed by atoms with E-state index < -0.39 is 0 Å². The Morgan fingerprint density at radius 3 is 2.15 bits per heavy atom. The van der Waals surface area contributed by atoms with E-state index in [1.165, 1.54) is 7.11 Å². The molecule has 2 heterocycles. The molecule has 0 fully saturated rings. The highest BCUT2D eigenvalue weighted by molar-refractivity contribution is 6.03. The van der Waals surface area contributed by atoms with Crippen molar-refractivity contribution in [2.24, 2.45) is 0 Å². The molecule has 0 aliphatic carbocycles. The predicted molar refractivity (Wildman–Crippen MR) is 178 cm³/mol. The van der Waals surface area contributed by atoms with Crippen molar-refractivity contribution in [2.75, 3.05) is 40.2 Å². The van der Waals surface area contributed by atoms with Crippen molar-refractivity contribution in [3.05, 3.63) is 131 Å². The van der Waals surface area contributed by atoms with Gasteiger partial charge in [-0.1, -0.05) is 66.7 Å². The van der Waals surface area contributed by atoms with Crippen LogP contribution in [0.3, 0.4) is 0 Å². The summed E-state index contributed by atoms with van der Waals surface area (Å²) < 4.78 is 29.6. The van der Waals surface area contributed by atoms with Crippen molar-refractivity contribution >= 4 is 17.4 Å². The van der Waals surface area contributed by atoms with Gasteiger partial charge in [0.15, 0.2) is 13.6 Å². The highest BCUT2D eigenvalue weighted by Gasteiger charge is 2.30. The van der Waals surface area contributed by atoms with E-state index in [2.05, 4.69) is 29.6 Å². The van der Waals surface area contributed by atoms with Crippen molar-refractivity contribution in [1.82, 2.24) is 14.7 Å². The van der Waals surface area contributed by atoms with Crippen LogP contribution in [0.5, 0.6) is 17.2 Å². The zero-order chi connectivity index (χ0) is 32.6. The standard InChI is InChI=1S/C37H38N4O6/c1-43-24-46-32-18-33(35(34(19-32)47-25-44-2)37(42)40-22-28-11-7-8-12-29(28)23-40)39-36-30(17-26-9-5-4-6-10-26)20-38-41(36)21-27-13-15-31(45-3)16-14-27/h4-16,18-20,39H,17,21-25H2,1-3H3. The first kappa shape index (κ1) is 31.7. The van der Waals surface area contributed by atoms with Crippen LogP contribution in [0.1, 0.15) is 38.2 Å². The maximum atomic E-state index is 14.5. The lowest BCUT2D eigenvalue weighted by Crippen LogP contribution is -2.27. The van der Waals surface area contributed by atoms with Gasteiger partial charge in [0.25, 0.3) is 5.91 Å². The summed E-state index contributed by atoms with van der Waals surface area (Å²) >= 11 is 0. The van der Waals surface area contributed by atoms with Gasteiger partial charge in [-0.05, 0) is 34.4 Å². The third-order valence-electron chi connectivity index (χ3n) is 7.99. The molecule has 0 saturated heterocycles. The summed E-state index contributed by atoms with van der Waals surface area (Å²) in [6, 6.07) is 29.7. The zero-order valence-corrected chi connectivity index (χ0v) is 26.8. The maximum absolute atomic E-state index is 14.5. The molecule has 10 heteroatoms. The monoisotopic (exact) mass is 634 g/mol. The summed E-state index contributed by atoms with van der Waals surface area (Å²) in [6.45, 7) is 1.44. The number of hydrogen-bond acceptors (Lipinski definition) is 8. The SMILES string of the molecule is COCOc1cc(Nc2c(Cc3ccccc3)cnn2Cc2ccc(OC)cc2)c(C(=O)N2Cc3ccccc3C2)c(OCOC)c1. The molecule has 6 rings (SSSR count). The summed E-state index contributed by atoms with van der Waals surface area (Å²) in [5, 5.41) is 8.39. The summed E-state index contributed by atoms with van der Waals surface area (Å²) in [5.74, 6) is 2.13. The smallest absolute Gasteiger partial charge is 0.260 e. The minimum absolute atomic E-state index is 0.0204. The molecule has 4 aromatic carbocycles. The van der Waals surface area contributed by atoms with Gasteiger partial charge in [-0.25, -0.2) is 4.68 Å². The molecular weight excluding hydrogens is 596 g/mol. The van der Waals surface area contributed by atoms with Gasteiger partial charge < -0.3 is 33.9 Å². The van der Waals surface area contributed by atoms with Gasteiger partial charge >= 0.3 is 0 Å². The van der Waals surface area contributed by atoms with Gasteiger partial charge in [0.1, 0.15) is 28.6 Å². The van der Waals surface area contributed by atoms with Crippen LogP contribution in [0.15, 0.2) is 97.2 Å². The number of nitrogens with one attached hydrogen (secondary N) is 1. The molecule has 1 aliphatic rings. The predicted octanol–water partition coefficient (Wildman–Crippen LogP) is 6.40. The average molecular weight is 635 g/mol. The van der Waals surface area contributed by atoms with E-state index in [1.807, 2.05) is 70.4 Å². The number of rotatable bonds is 14. The topological polar surface area (TPSA) is 96.3 Å². The maximum Gasteiger partial charge on any atom is 0.260 e. The summed E-state index contributed by atoms with van der Waals surface area (Å²) in [5.41, 5.74) is 6.25. The summed E-state index contributed by atoms with van der Waals surface area (Å²) in [6.07, 6.45) is 2.49. The molecule has 1 amide bonds. The fraction of sp³-hybridized carbons (Fsp3) is 0.243. The molecule has 10 nitrogen and oxygen atoms in total. The Hall–Kier alpha value is -5.32. The Kier molecular flexibility index (Phi) is 10.00. The van der Waals surface area contributed by atoms with Crippen molar-refractivity contribution in [3.63, 3.8) is 0 Å². The number of hydrogen-bond donors (Lipinski definition) is 1. The average Bonchev–Trinajstić information content (AvgIpc) is 3.70. The van der Waals surface area contributed by atoms with Gasteiger partial charge in [-0.3, -0.25) is 4.79 Å². The number of fused-ring (bicyclic) bond motifs is 1. The Labute approximate surface area is 274 Å². The number of amides is 1. The molecule has 47 heavy (non-hydrogen) atoms. The second-order valence-corrected chi connectivity index (χ2v) is 11.2. The molecule has 1 aromatic heterocycles. The first-order chi connectivity index (χ1) is 23.1. The summed E-state index contributed by atoms with van der Waals surface area (Å²) in [4.78, 5) is 16.3. The molecule has 5 aromatic rings. The van der Waals surface area contributed by atoms with Gasteiger partial charge in [0.05, 0.1) is 25.5 Å². The van der Waals surface area contributed by atoms with Crippen molar-refractivity contribution in [2.45, 2.75) is 26.1 Å². The second-order valence-electron chi connectivity index (χ2n) is 11.2. The Balaban J connectivity index is 1.44. The minimum atomic E-state index is -0.182. The number of ether oxygens (including phenoxy) is 5. The molecule has 242 valence electrons. The Morgan fingerprint density at radius 2 is 1.47 bits per heavy atom. The van der Waals surface area contributed by atoms with E-state index in [0.717, 1.165) is 39.4 Å². The fourth-order valence-corrected chi connectivity index (χ4v) is 5.66. The minimum Gasteiger partial charge on any atom is -0.497 e. The first-order valence-electron chi connectivity index (χ1n) is 15.3. The molecule has 0 bridgehead atoms. The van der Waals surface area contributed by atoms with Crippen LogP contribution in [0.2, 0.25) is 0 Å². The number of nitrogens with zero attached hydrogens (tertiary/aromatic N) is 3. The molecule has 0 atom stereocenters. The van der Waals surface area contributed by atoms with Gasteiger partial charge in [-0.2, -0.15) is 5.10 Å². The lowest BCUT2D eigenvalue weighted by Gasteiger charge is -2.23. The highest BCUT2D eigenvalue weighted by atomic mass is 16.7. The van der Waals surface area contributed by atoms with E-state index >= 15 is 0 Å². The molecular formula is C37H38N4O6. The van der Waals surface area contributed by atoms with E-state index in [4.69, 9.17) is 28.8 Å². The molecule has 0 radical (unpaired) electrons. The number of methoxy groups -OCH3 is 3. The molecule has 0 saturated carbocycles. The van der Waals surface area contributed by atoms with Crippen molar-refractivity contribution < 1.29 is 28.5 Å². The zero-order valence-electron chi connectivity index (χ0n) is 26.8. The number of anilines is 2. The second kappa shape index (κ2) is 14.8. The third-order valence-corrected chi connectivity index (χ3v) is 7.99. The number of carbonyl (C=O) groups excluding carboxylic acids is 1. The van der Waals surface area contributed by atoms with Crippen LogP contribution >= 0.6 is 0 Å². The van der Waals surface area contributed by atoms with Crippen molar-refractivity contribution in [3.8, 4) is 17.2 Å². The first-order valence-corrected chi connectivity index (χ1v) is 15.3. The van der Waals surface area contributed by atoms with Crippen LogP contribution in [-0.4, -0.2) is 55.5 Å². The molecule has 1 aliphatic heterocycles. The Morgan fingerprint density at radius 1 is 0.787 bits per heavy atom. The lowest BCUT2D eigenvalue weighted by atomic mass is 10.1. The quantitative estimate of drug-likeness (QED) is 0.140. The van der Waals surface area contributed by atoms with E-state index in [9.17, 15) is 4.79 Å². The lowest BCUT2D eigenvalue weighted by molar-refractivity contribution is 0.0450. The molecule has 0 spiro atoms. The van der Waals surface area contributed by atoms with Gasteiger partial charge in [0.2, 0.25) is 0 Å². The highest BCUT2D eigenvalue weighted by Crippen LogP contribution is 2.38. The van der Waals surface area contributed by atoms with E-state index in [-0.39, 0.29) is 19.5 Å². The van der Waals surface area contributed by atoms with Crippen LogP contribution in [-0.2, 0) is 35.5 Å². The molecule has 1 N–H and O–H groups in total. The normalized spacial score (nSPS) is 12.1. The van der Waals surface area contributed by atoms with E-state index in [1.54, 1.807) is 26.4 Å². The summed E-state index contributed by atoms with van der Waals surface area (Å²) in [7, 11) is 4.74. The Bertz CT molecular complexity index is 1780. The fourth-order valence-electron chi connectivity index (χ4n) is 5.66. The van der Waals surface area contributed by atoms with Crippen molar-refractivity contribution in [1.29, 1.82) is 0 Å². The van der Waals surface area contributed by atoms with Crippen LogP contribution in [0.4, 0.5) is 11.5 Å². The van der Waals surface area contributed by atoms with Gasteiger partial charge in [-0.15, -0.1) is 0 Å². The molecule has 0 unspecified atom stereocenters.